The molecule has 0 aromatic heterocycles. The maximum atomic E-state index is 13.6. The first-order valence-electron chi connectivity index (χ1n) is 32.6. The number of rotatable bonds is 64. The fourth-order valence-electron chi connectivity index (χ4n) is 8.28. The van der Waals surface area contributed by atoms with Crippen molar-refractivity contribution < 1.29 is 109 Å². The monoisotopic (exact) mass is 1330 g/mol. The molecule has 0 spiro atoms. The maximum Gasteiger partial charge on any atom is 0.311 e. The average molecular weight is 1330 g/mol. The summed E-state index contributed by atoms with van der Waals surface area (Å²) < 4.78 is 93.9. The molecule has 1 aliphatic heterocycles. The number of carbonyl (C=O) groups excluding carboxylic acids is 6. The smallest absolute Gasteiger partial charge is 0.311 e. The minimum Gasteiger partial charge on any atom is -0.460 e. The molecule has 1 heterocycles. The average Bonchev–Trinajstić information content (AvgIpc) is 1.97. The molecule has 0 radical (unpaired) electrons. The van der Waals surface area contributed by atoms with Crippen LogP contribution in [-0.2, 0) is 122 Å². The van der Waals surface area contributed by atoms with Crippen molar-refractivity contribution >= 4 is 41.2 Å². The summed E-state index contributed by atoms with van der Waals surface area (Å²) in [5.41, 5.74) is 1.41. The maximum absolute atomic E-state index is 13.6. The Balaban J connectivity index is 1.86. The van der Waals surface area contributed by atoms with Gasteiger partial charge in [0.05, 0.1) is 190 Å². The van der Waals surface area contributed by atoms with Crippen LogP contribution in [0.15, 0.2) is 30.4 Å². The van der Waals surface area contributed by atoms with Gasteiger partial charge in [-0.05, 0) is 89.1 Å². The lowest BCUT2D eigenvalue weighted by Gasteiger charge is -2.25. The molecule has 0 fully saturated rings. The molecule has 0 unspecified atom stereocenters. The van der Waals surface area contributed by atoms with Gasteiger partial charge in [-0.3, -0.25) is 33.7 Å². The quantitative estimate of drug-likeness (QED) is 0.0480. The zero-order valence-corrected chi connectivity index (χ0v) is 57.0. The first kappa shape index (κ1) is 84.4. The van der Waals surface area contributed by atoms with Gasteiger partial charge >= 0.3 is 5.97 Å². The van der Waals surface area contributed by atoms with Crippen LogP contribution in [0.1, 0.15) is 71.9 Å². The summed E-state index contributed by atoms with van der Waals surface area (Å²) >= 11 is 0. The van der Waals surface area contributed by atoms with Crippen LogP contribution in [0.2, 0.25) is 0 Å². The number of imide groups is 1. The zero-order valence-electron chi connectivity index (χ0n) is 57.0. The fourth-order valence-corrected chi connectivity index (χ4v) is 8.28. The minimum absolute atomic E-state index is 0.0333. The molecule has 2 rings (SSSR count). The van der Waals surface area contributed by atoms with Crippen LogP contribution in [0.5, 0.6) is 0 Å². The number of aryl methyl sites for hydroxylation is 1. The lowest BCUT2D eigenvalue weighted by atomic mass is 9.97. The van der Waals surface area contributed by atoms with Gasteiger partial charge in [-0.1, -0.05) is 19.9 Å². The Kier molecular flexibility index (Phi) is 51.2. The van der Waals surface area contributed by atoms with E-state index in [1.54, 1.807) is 54.9 Å². The van der Waals surface area contributed by atoms with Gasteiger partial charge < -0.3 is 101 Å². The summed E-state index contributed by atoms with van der Waals surface area (Å²) in [5.74, 6) is -3.83. The van der Waals surface area contributed by atoms with E-state index in [-0.39, 0.29) is 12.6 Å². The van der Waals surface area contributed by atoms with E-state index in [0.717, 1.165) is 67.1 Å². The number of methoxy groups -OCH3 is 2. The van der Waals surface area contributed by atoms with E-state index in [9.17, 15) is 28.8 Å². The second-order valence-corrected chi connectivity index (χ2v) is 22.6. The van der Waals surface area contributed by atoms with Gasteiger partial charge in [-0.15, -0.1) is 0 Å². The summed E-state index contributed by atoms with van der Waals surface area (Å²) in [6.07, 6.45) is 5.01. The molecule has 536 valence electrons. The molecule has 1 aliphatic rings. The molecule has 1 aromatic carbocycles. The molecule has 28 nitrogen and oxygen atoms in total. The Morgan fingerprint density at radius 2 is 0.817 bits per heavy atom. The van der Waals surface area contributed by atoms with Gasteiger partial charge in [0.2, 0.25) is 17.7 Å². The third kappa shape index (κ3) is 45.4. The molecule has 1 aromatic rings. The Labute approximate surface area is 551 Å². The number of nitrogens with zero attached hydrogens (tertiary/aromatic N) is 2. The van der Waals surface area contributed by atoms with Crippen molar-refractivity contribution in [3.63, 3.8) is 0 Å². The number of esters is 1. The van der Waals surface area contributed by atoms with Crippen LogP contribution in [-0.4, -0.2) is 296 Å². The molecule has 0 bridgehead atoms. The number of anilines is 1. The molecule has 0 aliphatic carbocycles. The third-order valence-electron chi connectivity index (χ3n) is 13.4. The van der Waals surface area contributed by atoms with E-state index in [0.29, 0.717) is 210 Å². The van der Waals surface area contributed by atoms with Crippen LogP contribution in [0, 0.1) is 11.3 Å². The molecule has 93 heavy (non-hydrogen) atoms. The number of hydrogen-bond donors (Lipinski definition) is 3. The van der Waals surface area contributed by atoms with Crippen molar-refractivity contribution in [3.8, 4) is 0 Å². The van der Waals surface area contributed by atoms with Gasteiger partial charge in [-0.25, -0.2) is 0 Å². The van der Waals surface area contributed by atoms with Crippen molar-refractivity contribution in [2.45, 2.75) is 85.9 Å². The highest BCUT2D eigenvalue weighted by Crippen LogP contribution is 2.22. The Bertz CT molecular complexity index is 2070. The molecular formula is C65H113N5O23. The highest BCUT2D eigenvalue weighted by molar-refractivity contribution is 6.14. The van der Waals surface area contributed by atoms with E-state index in [1.165, 1.54) is 6.92 Å². The van der Waals surface area contributed by atoms with Gasteiger partial charge in [0, 0.05) is 58.4 Å². The molecule has 3 N–H and O–H groups in total. The van der Waals surface area contributed by atoms with Crippen LogP contribution in [0.25, 0.3) is 0 Å². The second-order valence-electron chi connectivity index (χ2n) is 22.6. The summed E-state index contributed by atoms with van der Waals surface area (Å²) in [5, 5.41) is 8.17. The lowest BCUT2D eigenvalue weighted by Crippen LogP contribution is -2.55. The highest BCUT2D eigenvalue weighted by Gasteiger charge is 2.31. The van der Waals surface area contributed by atoms with Crippen LogP contribution in [0.3, 0.4) is 0 Å². The molecule has 0 saturated carbocycles. The summed E-state index contributed by atoms with van der Waals surface area (Å²) in [6.45, 7) is 26.6. The first-order valence-corrected chi connectivity index (χ1v) is 32.6. The van der Waals surface area contributed by atoms with E-state index in [2.05, 4.69) is 20.9 Å². The number of amides is 5. The predicted molar refractivity (Wildman–Crippen MR) is 344 cm³/mol. The van der Waals surface area contributed by atoms with Crippen molar-refractivity contribution in [2.75, 3.05) is 244 Å². The van der Waals surface area contributed by atoms with E-state index < -0.39 is 59.5 Å². The third-order valence-corrected chi connectivity index (χ3v) is 13.4. The van der Waals surface area contributed by atoms with Gasteiger partial charge in [0.15, 0.2) is 0 Å². The molecule has 2 atom stereocenters. The fraction of sp³-hybridized carbons (Fsp3) is 0.785. The number of benzene rings is 1. The van der Waals surface area contributed by atoms with Gasteiger partial charge in [0.25, 0.3) is 11.8 Å². The van der Waals surface area contributed by atoms with Crippen LogP contribution >= 0.6 is 0 Å². The largest absolute Gasteiger partial charge is 0.460 e. The number of nitrogens with one attached hydrogen (secondary N) is 3. The Morgan fingerprint density at radius 3 is 1.17 bits per heavy atom. The molecule has 28 heteroatoms. The minimum atomic E-state index is -1.06. The SMILES string of the molecule is COCCOCCOCCOCCOCCOCCOCCOCCCN(CCCOCCOCCOCCOCCOCCOCCOCCOC)CCCc1cc(NC(=O)[C@H](C)NC(=O)[C@@H](NC(=O)CN2C(=O)C=CC2=O)C(C)C)ccc1COC(=O)C(C)(C)C. The van der Waals surface area contributed by atoms with Gasteiger partial charge in [-0.2, -0.15) is 0 Å². The lowest BCUT2D eigenvalue weighted by molar-refractivity contribution is -0.154. The van der Waals surface area contributed by atoms with E-state index >= 15 is 0 Å². The standard InChI is InChI=1S/C65H113N5O23/c1-53(2)61(68-58(71)51-70-59(72)15-16-60(70)73)63(75)66-54(3)62(74)67-57-14-13-56(52-93-64(76)65(4,5)6)55(50-57)12-9-17-69(18-10-20-79-26-28-83-34-36-87-42-44-91-48-46-89-40-38-85-32-30-81-24-22-77-7)19-11-21-80-27-29-84-35-37-88-43-45-92-49-47-90-41-39-86-33-31-82-25-23-78-8/h13-16,50,53-54,61H,9-12,17-49,51-52H2,1-8H3,(H,66,75)(H,67,74)(H,68,71)/t54-,61-/m0/s1. The molecule has 5 amide bonds. The predicted octanol–water partition coefficient (Wildman–Crippen LogP) is 2.82. The van der Waals surface area contributed by atoms with Crippen molar-refractivity contribution in [3.05, 3.63) is 41.5 Å². The van der Waals surface area contributed by atoms with Crippen molar-refractivity contribution in [2.24, 2.45) is 11.3 Å². The number of ether oxygens (including phenoxy) is 17. The van der Waals surface area contributed by atoms with Crippen LogP contribution in [0.4, 0.5) is 5.69 Å². The van der Waals surface area contributed by atoms with Crippen LogP contribution < -0.4 is 16.0 Å². The molecular weight excluding hydrogens is 1220 g/mol. The van der Waals surface area contributed by atoms with Crippen molar-refractivity contribution in [1.82, 2.24) is 20.4 Å². The highest BCUT2D eigenvalue weighted by atomic mass is 16.6. The topological polar surface area (TPSA) is 302 Å². The molecule has 0 saturated heterocycles. The van der Waals surface area contributed by atoms with Gasteiger partial charge in [0.1, 0.15) is 25.2 Å². The summed E-state index contributed by atoms with van der Waals surface area (Å²) in [6, 6.07) is 3.30. The van der Waals surface area contributed by atoms with E-state index in [4.69, 9.17) is 80.5 Å². The van der Waals surface area contributed by atoms with E-state index in [1.807, 2.05) is 12.1 Å². The number of carbonyl (C=O) groups is 6. The Morgan fingerprint density at radius 1 is 0.462 bits per heavy atom. The normalized spacial score (nSPS) is 13.2. The summed E-state index contributed by atoms with van der Waals surface area (Å²) in [7, 11) is 3.27. The zero-order chi connectivity index (χ0) is 67.8. The second kappa shape index (κ2) is 56.5. The number of hydrogen-bond acceptors (Lipinski definition) is 24. The Hall–Kier alpha value is -4.70. The first-order chi connectivity index (χ1) is 45.1. The van der Waals surface area contributed by atoms with Crippen molar-refractivity contribution in [1.29, 1.82) is 0 Å². The summed E-state index contributed by atoms with van der Waals surface area (Å²) in [4.78, 5) is 79.9.